The van der Waals surface area contributed by atoms with E-state index >= 15 is 0 Å². The summed E-state index contributed by atoms with van der Waals surface area (Å²) in [5, 5.41) is 14.6. The van der Waals surface area contributed by atoms with Crippen molar-refractivity contribution < 1.29 is 19.4 Å². The lowest BCUT2D eigenvalue weighted by Gasteiger charge is -2.23. The van der Waals surface area contributed by atoms with E-state index in [2.05, 4.69) is 31.4 Å². The third kappa shape index (κ3) is 5.89. The van der Waals surface area contributed by atoms with Crippen molar-refractivity contribution in [2.24, 2.45) is 0 Å². The van der Waals surface area contributed by atoms with E-state index in [1.54, 1.807) is 19.2 Å². The van der Waals surface area contributed by atoms with Crippen molar-refractivity contribution in [2.45, 2.75) is 32.7 Å². The van der Waals surface area contributed by atoms with Crippen molar-refractivity contribution >= 4 is 11.7 Å². The Morgan fingerprint density at radius 1 is 1.11 bits per heavy atom. The van der Waals surface area contributed by atoms with Gasteiger partial charge in [-0.25, -0.2) is 4.79 Å². The van der Waals surface area contributed by atoms with Crippen molar-refractivity contribution in [3.8, 4) is 11.5 Å². The van der Waals surface area contributed by atoms with Crippen LogP contribution in [0.5, 0.6) is 11.5 Å². The van der Waals surface area contributed by atoms with Gasteiger partial charge in [0.1, 0.15) is 6.61 Å². The standard InChI is InChI=1S/C21H28N2O4/c1-21(2,3)16-7-5-6-8-17(16)23-20(25)22-14-15-9-10-18(27-12-11-24)19(13-15)26-4/h5-10,13,24H,11-12,14H2,1-4H3,(H2,22,23,25). The lowest BCUT2D eigenvalue weighted by atomic mass is 9.86. The van der Waals surface area contributed by atoms with Crippen LogP contribution < -0.4 is 20.1 Å². The minimum atomic E-state index is -0.272. The zero-order chi connectivity index (χ0) is 19.9. The van der Waals surface area contributed by atoms with E-state index in [9.17, 15) is 4.79 Å². The maximum atomic E-state index is 12.3. The summed E-state index contributed by atoms with van der Waals surface area (Å²) in [7, 11) is 1.55. The number of benzene rings is 2. The fourth-order valence-corrected chi connectivity index (χ4v) is 2.69. The molecule has 27 heavy (non-hydrogen) atoms. The van der Waals surface area contributed by atoms with Gasteiger partial charge in [-0.1, -0.05) is 45.0 Å². The number of amides is 2. The van der Waals surface area contributed by atoms with Gasteiger partial charge in [0, 0.05) is 12.2 Å². The summed E-state index contributed by atoms with van der Waals surface area (Å²) >= 11 is 0. The Morgan fingerprint density at radius 3 is 2.52 bits per heavy atom. The predicted octanol–water partition coefficient (Wildman–Crippen LogP) is 3.69. The average Bonchev–Trinajstić information content (AvgIpc) is 2.64. The van der Waals surface area contributed by atoms with E-state index < -0.39 is 0 Å². The fourth-order valence-electron chi connectivity index (χ4n) is 2.69. The molecule has 146 valence electrons. The van der Waals surface area contributed by atoms with Crippen LogP contribution in [0.3, 0.4) is 0 Å². The van der Waals surface area contributed by atoms with Crippen LogP contribution in [0.2, 0.25) is 0 Å². The molecule has 0 bridgehead atoms. The smallest absolute Gasteiger partial charge is 0.319 e. The molecule has 0 unspecified atom stereocenters. The quantitative estimate of drug-likeness (QED) is 0.693. The SMILES string of the molecule is COc1cc(CNC(=O)Nc2ccccc2C(C)(C)C)ccc1OCCO. The van der Waals surface area contributed by atoms with Crippen molar-refractivity contribution in [3.63, 3.8) is 0 Å². The van der Waals surface area contributed by atoms with E-state index in [0.29, 0.717) is 18.0 Å². The molecule has 6 nitrogen and oxygen atoms in total. The van der Waals surface area contributed by atoms with Crippen LogP contribution >= 0.6 is 0 Å². The predicted molar refractivity (Wildman–Crippen MR) is 107 cm³/mol. The monoisotopic (exact) mass is 372 g/mol. The second-order valence-corrected chi connectivity index (χ2v) is 7.16. The number of carbonyl (C=O) groups excluding carboxylic acids is 1. The summed E-state index contributed by atoms with van der Waals surface area (Å²) in [5.41, 5.74) is 2.68. The maximum absolute atomic E-state index is 12.3. The van der Waals surface area contributed by atoms with Gasteiger partial charge in [-0.05, 0) is 34.7 Å². The van der Waals surface area contributed by atoms with Crippen LogP contribution in [0.1, 0.15) is 31.9 Å². The molecule has 2 amide bonds. The second kappa shape index (κ2) is 9.28. The first-order chi connectivity index (χ1) is 12.8. The van der Waals surface area contributed by atoms with Crippen LogP contribution in [0.25, 0.3) is 0 Å². The zero-order valence-corrected chi connectivity index (χ0v) is 16.3. The summed E-state index contributed by atoms with van der Waals surface area (Å²) in [4.78, 5) is 12.3. The molecule has 0 saturated heterocycles. The van der Waals surface area contributed by atoms with Gasteiger partial charge >= 0.3 is 6.03 Å². The molecule has 0 heterocycles. The second-order valence-electron chi connectivity index (χ2n) is 7.16. The van der Waals surface area contributed by atoms with Crippen LogP contribution in [-0.4, -0.2) is 31.5 Å². The molecule has 0 aromatic heterocycles. The molecule has 0 spiro atoms. The number of methoxy groups -OCH3 is 1. The van der Waals surface area contributed by atoms with Crippen molar-refractivity contribution in [3.05, 3.63) is 53.6 Å². The van der Waals surface area contributed by atoms with Gasteiger partial charge in [-0.15, -0.1) is 0 Å². The molecule has 0 atom stereocenters. The number of nitrogens with one attached hydrogen (secondary N) is 2. The number of hydrogen-bond donors (Lipinski definition) is 3. The van der Waals surface area contributed by atoms with E-state index in [4.69, 9.17) is 14.6 Å². The Kier molecular flexibility index (Phi) is 7.07. The molecular weight excluding hydrogens is 344 g/mol. The number of anilines is 1. The molecule has 3 N–H and O–H groups in total. The molecule has 0 aliphatic heterocycles. The van der Waals surface area contributed by atoms with E-state index in [1.165, 1.54) is 0 Å². The van der Waals surface area contributed by atoms with Crippen LogP contribution in [0, 0.1) is 0 Å². The van der Waals surface area contributed by atoms with Crippen LogP contribution in [0.15, 0.2) is 42.5 Å². The number of aliphatic hydroxyl groups excluding tert-OH is 1. The first-order valence-electron chi connectivity index (χ1n) is 8.90. The molecule has 2 aromatic carbocycles. The van der Waals surface area contributed by atoms with Crippen molar-refractivity contribution in [2.75, 3.05) is 25.6 Å². The maximum Gasteiger partial charge on any atom is 0.319 e. The van der Waals surface area contributed by atoms with Crippen molar-refractivity contribution in [1.82, 2.24) is 5.32 Å². The zero-order valence-electron chi connectivity index (χ0n) is 16.3. The van der Waals surface area contributed by atoms with Crippen LogP contribution in [-0.2, 0) is 12.0 Å². The number of para-hydroxylation sites is 1. The van der Waals surface area contributed by atoms with Gasteiger partial charge in [0.15, 0.2) is 11.5 Å². The highest BCUT2D eigenvalue weighted by Gasteiger charge is 2.18. The Hall–Kier alpha value is -2.73. The minimum absolute atomic E-state index is 0.0668. The third-order valence-electron chi connectivity index (χ3n) is 4.01. The lowest BCUT2D eigenvalue weighted by Crippen LogP contribution is -2.29. The topological polar surface area (TPSA) is 79.8 Å². The third-order valence-corrected chi connectivity index (χ3v) is 4.01. The highest BCUT2D eigenvalue weighted by molar-refractivity contribution is 5.90. The minimum Gasteiger partial charge on any atom is -0.493 e. The van der Waals surface area contributed by atoms with Gasteiger partial charge in [0.2, 0.25) is 0 Å². The van der Waals surface area contributed by atoms with Gasteiger partial charge < -0.3 is 25.2 Å². The van der Waals surface area contributed by atoms with Gasteiger partial charge in [-0.2, -0.15) is 0 Å². The highest BCUT2D eigenvalue weighted by atomic mass is 16.5. The molecular formula is C21H28N2O4. The van der Waals surface area contributed by atoms with E-state index in [0.717, 1.165) is 16.8 Å². The number of aliphatic hydroxyl groups is 1. The molecule has 0 fully saturated rings. The molecule has 0 radical (unpaired) electrons. The van der Waals surface area contributed by atoms with Gasteiger partial charge in [0.25, 0.3) is 0 Å². The lowest BCUT2D eigenvalue weighted by molar-refractivity contribution is 0.196. The number of ether oxygens (including phenoxy) is 2. The van der Waals surface area contributed by atoms with Crippen LogP contribution in [0.4, 0.5) is 10.5 Å². The number of rotatable bonds is 7. The summed E-state index contributed by atoms with van der Waals surface area (Å²) in [6.07, 6.45) is 0. The molecule has 0 aliphatic carbocycles. The van der Waals surface area contributed by atoms with E-state index in [1.807, 2.05) is 30.3 Å². The summed E-state index contributed by atoms with van der Waals surface area (Å²) in [6, 6.07) is 12.9. The first-order valence-corrected chi connectivity index (χ1v) is 8.90. The number of urea groups is 1. The van der Waals surface area contributed by atoms with Gasteiger partial charge in [-0.3, -0.25) is 0 Å². The molecule has 2 rings (SSSR count). The van der Waals surface area contributed by atoms with E-state index in [-0.39, 0.29) is 24.7 Å². The first kappa shape index (κ1) is 20.6. The molecule has 0 aliphatic rings. The Morgan fingerprint density at radius 2 is 1.85 bits per heavy atom. The molecule has 2 aromatic rings. The molecule has 6 heteroatoms. The highest BCUT2D eigenvalue weighted by Crippen LogP contribution is 2.29. The van der Waals surface area contributed by atoms with Crippen molar-refractivity contribution in [1.29, 1.82) is 0 Å². The largest absolute Gasteiger partial charge is 0.493 e. The summed E-state index contributed by atoms with van der Waals surface area (Å²) < 4.78 is 10.7. The number of hydrogen-bond acceptors (Lipinski definition) is 4. The normalized spacial score (nSPS) is 11.0. The Balaban J connectivity index is 2.00. The summed E-state index contributed by atoms with van der Waals surface area (Å²) in [5.74, 6) is 1.11. The number of carbonyl (C=O) groups is 1. The average molecular weight is 372 g/mol. The Bertz CT molecular complexity index is 769. The molecule has 0 saturated carbocycles. The Labute approximate surface area is 160 Å². The summed E-state index contributed by atoms with van der Waals surface area (Å²) in [6.45, 7) is 6.81. The fraction of sp³-hybridized carbons (Fsp3) is 0.381. The van der Waals surface area contributed by atoms with Gasteiger partial charge in [0.05, 0.1) is 13.7 Å².